The number of fused-ring (bicyclic) bond motifs is 1. The first kappa shape index (κ1) is 13.1. The second-order valence-corrected chi connectivity index (χ2v) is 5.35. The van der Waals surface area contributed by atoms with Gasteiger partial charge in [-0.05, 0) is 6.92 Å². The Kier molecular flexibility index (Phi) is 2.83. The normalized spacial score (nSPS) is 25.9. The maximum absolute atomic E-state index is 12.4. The highest BCUT2D eigenvalue weighted by molar-refractivity contribution is 7.14. The molecule has 2 amide bonds. The van der Waals surface area contributed by atoms with Crippen molar-refractivity contribution >= 4 is 28.2 Å². The fourth-order valence-corrected chi connectivity index (χ4v) is 3.06. The number of amides is 2. The predicted octanol–water partition coefficient (Wildman–Crippen LogP) is 0.825. The maximum atomic E-state index is 12.4. The number of thiophene rings is 1. The molecule has 1 saturated heterocycles. The van der Waals surface area contributed by atoms with Gasteiger partial charge in [0, 0.05) is 11.8 Å². The molecule has 1 aromatic heterocycles. The largest absolute Gasteiger partial charge is 0.337 e. The molecule has 1 N–H and O–H groups in total. The molecule has 106 valence electrons. The molecule has 1 aromatic rings. The molecule has 2 aliphatic rings. The van der Waals surface area contributed by atoms with Crippen LogP contribution in [-0.4, -0.2) is 34.0 Å². The molecule has 1 atom stereocenters. The molecule has 20 heavy (non-hydrogen) atoms. The van der Waals surface area contributed by atoms with E-state index in [-0.39, 0.29) is 29.2 Å². The molecule has 9 nitrogen and oxygen atoms in total. The first-order valence-electron chi connectivity index (χ1n) is 5.65. The zero-order chi connectivity index (χ0) is 14.5. The minimum absolute atomic E-state index is 0.0445. The minimum Gasteiger partial charge on any atom is -0.276 e. The van der Waals surface area contributed by atoms with Crippen LogP contribution in [0, 0.1) is 10.1 Å². The summed E-state index contributed by atoms with van der Waals surface area (Å²) >= 11 is 0.767. The number of hydrogen-bond acceptors (Lipinski definition) is 8. The predicted molar refractivity (Wildman–Crippen MR) is 64.7 cm³/mol. The van der Waals surface area contributed by atoms with Gasteiger partial charge in [0.1, 0.15) is 5.56 Å². The molecule has 0 spiro atoms. The van der Waals surface area contributed by atoms with Crippen LogP contribution in [0.15, 0.2) is 5.38 Å². The highest BCUT2D eigenvalue weighted by Crippen LogP contribution is 2.40. The molecular formula is C10H9N3O6S. The van der Waals surface area contributed by atoms with Crippen molar-refractivity contribution in [3.05, 3.63) is 26.6 Å². The van der Waals surface area contributed by atoms with E-state index in [0.717, 1.165) is 16.2 Å². The van der Waals surface area contributed by atoms with Crippen molar-refractivity contribution < 1.29 is 24.2 Å². The lowest BCUT2D eigenvalue weighted by Crippen LogP contribution is -2.57. The van der Waals surface area contributed by atoms with Crippen molar-refractivity contribution in [2.75, 3.05) is 6.61 Å². The molecule has 0 bridgehead atoms. The minimum atomic E-state index is -1.24. The van der Waals surface area contributed by atoms with Crippen LogP contribution in [0.3, 0.4) is 0 Å². The fraction of sp³-hybridized carbons (Fsp3) is 0.400. The highest BCUT2D eigenvalue weighted by Gasteiger charge is 2.52. The van der Waals surface area contributed by atoms with Gasteiger partial charge in [0.15, 0.2) is 5.72 Å². The van der Waals surface area contributed by atoms with Gasteiger partial charge in [-0.25, -0.2) is 9.74 Å². The summed E-state index contributed by atoms with van der Waals surface area (Å²) < 4.78 is 0. The average molecular weight is 299 g/mol. The van der Waals surface area contributed by atoms with Crippen LogP contribution < -0.4 is 5.64 Å². The molecule has 0 saturated carbocycles. The first-order chi connectivity index (χ1) is 9.46. The van der Waals surface area contributed by atoms with Crippen LogP contribution in [0.5, 0.6) is 0 Å². The Morgan fingerprint density at radius 2 is 2.25 bits per heavy atom. The summed E-state index contributed by atoms with van der Waals surface area (Å²) in [5, 5.41) is 11.9. The third-order valence-electron chi connectivity index (χ3n) is 3.25. The molecule has 1 unspecified atom stereocenters. The summed E-state index contributed by atoms with van der Waals surface area (Å²) in [6.45, 7) is 1.78. The van der Waals surface area contributed by atoms with E-state index in [1.54, 1.807) is 6.92 Å². The molecule has 0 radical (unpaired) electrons. The number of nitrogens with zero attached hydrogens (tertiary/aromatic N) is 2. The van der Waals surface area contributed by atoms with Crippen LogP contribution in [0.1, 0.15) is 34.1 Å². The fourth-order valence-electron chi connectivity index (χ4n) is 2.21. The third kappa shape index (κ3) is 1.66. The summed E-state index contributed by atoms with van der Waals surface area (Å²) in [6, 6.07) is 0. The molecule has 10 heteroatoms. The van der Waals surface area contributed by atoms with Crippen LogP contribution in [-0.2, 0) is 9.68 Å². The van der Waals surface area contributed by atoms with Gasteiger partial charge in [0.25, 0.3) is 11.8 Å². The van der Waals surface area contributed by atoms with Gasteiger partial charge >= 0.3 is 5.00 Å². The topological polar surface area (TPSA) is 111 Å². The SMILES string of the molecule is CC1(N2C(=O)c3csc([N+](=O)[O-])c3C2=O)CCONO1. The molecule has 0 aliphatic carbocycles. The number of hydrogen-bond donors (Lipinski definition) is 1. The van der Waals surface area contributed by atoms with Gasteiger partial charge in [-0.1, -0.05) is 17.0 Å². The number of nitrogens with one attached hydrogen (secondary N) is 1. The summed E-state index contributed by atoms with van der Waals surface area (Å²) in [5.41, 5.74) is 0.812. The Morgan fingerprint density at radius 1 is 1.50 bits per heavy atom. The van der Waals surface area contributed by atoms with Crippen molar-refractivity contribution in [1.29, 1.82) is 0 Å². The standard InChI is InChI=1S/C10H9N3O6S/c1-10(2-3-18-11-19-10)12-7(14)5-4-20-9(13(16)17)6(5)8(12)15/h4,11H,2-3H2,1H3. The van der Waals surface area contributed by atoms with Crippen molar-refractivity contribution in [1.82, 2.24) is 10.5 Å². The smallest absolute Gasteiger partial charge is 0.276 e. The van der Waals surface area contributed by atoms with E-state index in [0.29, 0.717) is 0 Å². The lowest BCUT2D eigenvalue weighted by Gasteiger charge is -2.38. The number of nitro groups is 1. The van der Waals surface area contributed by atoms with Gasteiger partial charge in [-0.2, -0.15) is 0 Å². The average Bonchev–Trinajstić information content (AvgIpc) is 2.92. The highest BCUT2D eigenvalue weighted by atomic mass is 32.1. The van der Waals surface area contributed by atoms with Gasteiger partial charge in [-0.15, -0.1) is 0 Å². The summed E-state index contributed by atoms with van der Waals surface area (Å²) in [5.74, 6) is -1.32. The Morgan fingerprint density at radius 3 is 2.85 bits per heavy atom. The van der Waals surface area contributed by atoms with Crippen LogP contribution in [0.2, 0.25) is 0 Å². The Labute approximate surface area is 116 Å². The van der Waals surface area contributed by atoms with Crippen LogP contribution in [0.4, 0.5) is 5.00 Å². The maximum Gasteiger partial charge on any atom is 0.337 e. The monoisotopic (exact) mass is 299 g/mol. The van der Waals surface area contributed by atoms with Crippen LogP contribution >= 0.6 is 11.3 Å². The summed E-state index contributed by atoms with van der Waals surface area (Å²) in [4.78, 5) is 45.7. The van der Waals surface area contributed by atoms with Crippen molar-refractivity contribution in [3.63, 3.8) is 0 Å². The Balaban J connectivity index is 2.03. The Bertz CT molecular complexity index is 621. The number of imide groups is 1. The zero-order valence-electron chi connectivity index (χ0n) is 10.2. The number of carbonyl (C=O) groups excluding carboxylic acids is 2. The van der Waals surface area contributed by atoms with Crippen molar-refractivity contribution in [2.24, 2.45) is 0 Å². The Hall–Kier alpha value is -1.88. The zero-order valence-corrected chi connectivity index (χ0v) is 11.1. The van der Waals surface area contributed by atoms with E-state index in [1.165, 1.54) is 5.38 Å². The van der Waals surface area contributed by atoms with Crippen molar-refractivity contribution in [2.45, 2.75) is 19.1 Å². The number of rotatable bonds is 2. The van der Waals surface area contributed by atoms with E-state index in [1.807, 2.05) is 0 Å². The molecule has 1 fully saturated rings. The van der Waals surface area contributed by atoms with Gasteiger partial charge < -0.3 is 0 Å². The quantitative estimate of drug-likeness (QED) is 0.489. The lowest BCUT2D eigenvalue weighted by atomic mass is 10.1. The molecule has 3 rings (SSSR count). The summed E-state index contributed by atoms with van der Waals surface area (Å²) in [7, 11) is 0. The molecule has 3 heterocycles. The van der Waals surface area contributed by atoms with Gasteiger partial charge in [0.05, 0.1) is 17.1 Å². The number of carbonyl (C=O) groups is 2. The van der Waals surface area contributed by atoms with E-state index >= 15 is 0 Å². The molecule has 2 aliphatic heterocycles. The van der Waals surface area contributed by atoms with Gasteiger partial charge in [0.2, 0.25) is 0 Å². The third-order valence-corrected chi connectivity index (χ3v) is 4.18. The van der Waals surface area contributed by atoms with Crippen molar-refractivity contribution in [3.8, 4) is 0 Å². The summed E-state index contributed by atoms with van der Waals surface area (Å²) in [6.07, 6.45) is 0.263. The molecular weight excluding hydrogens is 290 g/mol. The lowest BCUT2D eigenvalue weighted by molar-refractivity contribution is -0.380. The van der Waals surface area contributed by atoms with E-state index < -0.39 is 22.5 Å². The van der Waals surface area contributed by atoms with Gasteiger partial charge in [-0.3, -0.25) is 24.5 Å². The second-order valence-electron chi connectivity index (χ2n) is 4.49. The van der Waals surface area contributed by atoms with Crippen LogP contribution in [0.25, 0.3) is 0 Å². The first-order valence-corrected chi connectivity index (χ1v) is 6.53. The van der Waals surface area contributed by atoms with E-state index in [9.17, 15) is 19.7 Å². The van der Waals surface area contributed by atoms with E-state index in [2.05, 4.69) is 5.64 Å². The van der Waals surface area contributed by atoms with E-state index in [4.69, 9.17) is 9.68 Å². The molecule has 0 aromatic carbocycles. The second kappa shape index (κ2) is 4.31.